The highest BCUT2D eigenvalue weighted by atomic mass is 19.3. The lowest BCUT2D eigenvalue weighted by Gasteiger charge is -2.22. The zero-order valence-corrected chi connectivity index (χ0v) is 10.2. The first-order valence-electron chi connectivity index (χ1n) is 5.38. The molecule has 17 heavy (non-hydrogen) atoms. The van der Waals surface area contributed by atoms with Gasteiger partial charge < -0.3 is 14.8 Å². The molecular weight excluding hydrogens is 228 g/mol. The number of alkyl halides is 2. The third kappa shape index (κ3) is 3.06. The maximum absolute atomic E-state index is 13.0. The van der Waals surface area contributed by atoms with Crippen LogP contribution in [0.15, 0.2) is 18.2 Å². The number of nitrogens with one attached hydrogen (secondary N) is 1. The molecule has 1 aromatic carbocycles. The van der Waals surface area contributed by atoms with Gasteiger partial charge in [-0.1, -0.05) is 13.0 Å². The Morgan fingerprint density at radius 3 is 2.06 bits per heavy atom. The van der Waals surface area contributed by atoms with E-state index in [0.717, 1.165) is 0 Å². The topological polar surface area (TPSA) is 30.5 Å². The maximum atomic E-state index is 13.0. The summed E-state index contributed by atoms with van der Waals surface area (Å²) in [5, 5.41) is 2.74. The molecule has 0 aliphatic heterocycles. The molecule has 0 aromatic heterocycles. The summed E-state index contributed by atoms with van der Waals surface area (Å²) in [6.07, 6.45) is -2.53. The SMILES string of the molecule is CCNC(c1c(OC)cccc1OC)C(F)F. The molecule has 0 bridgehead atoms. The van der Waals surface area contributed by atoms with E-state index in [1.807, 2.05) is 0 Å². The Kier molecular flexibility index (Phi) is 5.15. The highest BCUT2D eigenvalue weighted by Crippen LogP contribution is 2.36. The number of benzene rings is 1. The molecule has 1 unspecified atom stereocenters. The standard InChI is InChI=1S/C12H17F2NO2/c1-4-15-11(12(13)14)10-8(16-2)6-5-7-9(10)17-3/h5-7,11-12,15H,4H2,1-3H3. The first-order chi connectivity index (χ1) is 8.15. The molecule has 0 spiro atoms. The van der Waals surface area contributed by atoms with Gasteiger partial charge >= 0.3 is 0 Å². The van der Waals surface area contributed by atoms with Crippen LogP contribution in [-0.4, -0.2) is 27.2 Å². The van der Waals surface area contributed by atoms with Gasteiger partial charge in [0.25, 0.3) is 6.43 Å². The maximum Gasteiger partial charge on any atom is 0.258 e. The third-order valence-electron chi connectivity index (χ3n) is 2.45. The summed E-state index contributed by atoms with van der Waals surface area (Å²) in [6.45, 7) is 2.22. The van der Waals surface area contributed by atoms with E-state index in [1.54, 1.807) is 25.1 Å². The lowest BCUT2D eigenvalue weighted by Crippen LogP contribution is -2.28. The molecule has 3 nitrogen and oxygen atoms in total. The van der Waals surface area contributed by atoms with E-state index < -0.39 is 12.5 Å². The summed E-state index contributed by atoms with van der Waals surface area (Å²) in [4.78, 5) is 0. The van der Waals surface area contributed by atoms with Crippen molar-refractivity contribution in [1.82, 2.24) is 5.32 Å². The molecule has 1 N–H and O–H groups in total. The zero-order valence-electron chi connectivity index (χ0n) is 10.2. The average molecular weight is 245 g/mol. The molecule has 0 radical (unpaired) electrons. The highest BCUT2D eigenvalue weighted by molar-refractivity contribution is 5.47. The Hall–Kier alpha value is -1.36. The number of halogens is 2. The van der Waals surface area contributed by atoms with Gasteiger partial charge in [0.15, 0.2) is 0 Å². The fraction of sp³-hybridized carbons (Fsp3) is 0.500. The van der Waals surface area contributed by atoms with E-state index in [-0.39, 0.29) is 0 Å². The predicted molar refractivity (Wildman–Crippen MR) is 62.0 cm³/mol. The molecule has 0 aliphatic rings. The van der Waals surface area contributed by atoms with Crippen LogP contribution >= 0.6 is 0 Å². The predicted octanol–water partition coefficient (Wildman–Crippen LogP) is 2.62. The van der Waals surface area contributed by atoms with Crippen molar-refractivity contribution in [2.75, 3.05) is 20.8 Å². The zero-order chi connectivity index (χ0) is 12.8. The first-order valence-corrected chi connectivity index (χ1v) is 5.38. The van der Waals surface area contributed by atoms with Crippen molar-refractivity contribution in [2.24, 2.45) is 0 Å². The number of hydrogen-bond acceptors (Lipinski definition) is 3. The van der Waals surface area contributed by atoms with Crippen molar-refractivity contribution in [2.45, 2.75) is 19.4 Å². The van der Waals surface area contributed by atoms with Crippen LogP contribution in [0.25, 0.3) is 0 Å². The molecule has 5 heteroatoms. The number of methoxy groups -OCH3 is 2. The monoisotopic (exact) mass is 245 g/mol. The molecule has 0 aliphatic carbocycles. The van der Waals surface area contributed by atoms with Crippen molar-refractivity contribution in [3.05, 3.63) is 23.8 Å². The van der Waals surface area contributed by atoms with Crippen LogP contribution < -0.4 is 14.8 Å². The van der Waals surface area contributed by atoms with Crippen LogP contribution in [0, 0.1) is 0 Å². The number of rotatable bonds is 6. The summed E-state index contributed by atoms with van der Waals surface area (Å²) in [5.74, 6) is 0.797. The summed E-state index contributed by atoms with van der Waals surface area (Å²) in [6, 6.07) is 3.90. The molecule has 0 amide bonds. The van der Waals surface area contributed by atoms with Crippen LogP contribution in [0.1, 0.15) is 18.5 Å². The second kappa shape index (κ2) is 6.39. The van der Waals surface area contributed by atoms with Gasteiger partial charge in [0, 0.05) is 0 Å². The van der Waals surface area contributed by atoms with Gasteiger partial charge in [-0.3, -0.25) is 0 Å². The van der Waals surface area contributed by atoms with Gasteiger partial charge in [-0.15, -0.1) is 0 Å². The van der Waals surface area contributed by atoms with Crippen molar-refractivity contribution < 1.29 is 18.3 Å². The van der Waals surface area contributed by atoms with E-state index in [2.05, 4.69) is 5.32 Å². The van der Waals surface area contributed by atoms with E-state index in [1.165, 1.54) is 14.2 Å². The van der Waals surface area contributed by atoms with Gasteiger partial charge in [0.1, 0.15) is 17.5 Å². The van der Waals surface area contributed by atoms with Gasteiger partial charge in [0.05, 0.1) is 19.8 Å². The lowest BCUT2D eigenvalue weighted by atomic mass is 10.0. The third-order valence-corrected chi connectivity index (χ3v) is 2.45. The summed E-state index contributed by atoms with van der Waals surface area (Å²) in [5.41, 5.74) is 0.356. The fourth-order valence-corrected chi connectivity index (χ4v) is 1.72. The van der Waals surface area contributed by atoms with Crippen LogP contribution in [0.5, 0.6) is 11.5 Å². The van der Waals surface area contributed by atoms with E-state index in [4.69, 9.17) is 9.47 Å². The fourth-order valence-electron chi connectivity index (χ4n) is 1.72. The van der Waals surface area contributed by atoms with Crippen LogP contribution in [0.2, 0.25) is 0 Å². The van der Waals surface area contributed by atoms with Crippen molar-refractivity contribution >= 4 is 0 Å². The Morgan fingerprint density at radius 1 is 1.18 bits per heavy atom. The average Bonchev–Trinajstić information content (AvgIpc) is 2.34. The summed E-state index contributed by atoms with van der Waals surface area (Å²) >= 11 is 0. The van der Waals surface area contributed by atoms with Crippen molar-refractivity contribution in [1.29, 1.82) is 0 Å². The molecule has 0 heterocycles. The van der Waals surface area contributed by atoms with Gasteiger partial charge in [0.2, 0.25) is 0 Å². The minimum Gasteiger partial charge on any atom is -0.496 e. The minimum atomic E-state index is -2.53. The molecule has 1 aromatic rings. The largest absolute Gasteiger partial charge is 0.496 e. The Labute approximate surface area is 99.7 Å². The molecule has 0 saturated heterocycles. The molecule has 1 atom stereocenters. The smallest absolute Gasteiger partial charge is 0.258 e. The number of ether oxygens (including phenoxy) is 2. The van der Waals surface area contributed by atoms with Gasteiger partial charge in [-0.25, -0.2) is 8.78 Å². The van der Waals surface area contributed by atoms with E-state index in [0.29, 0.717) is 23.6 Å². The Balaban J connectivity index is 3.22. The minimum absolute atomic E-state index is 0.356. The van der Waals surface area contributed by atoms with Crippen LogP contribution in [-0.2, 0) is 0 Å². The molecular formula is C12H17F2NO2. The lowest BCUT2D eigenvalue weighted by molar-refractivity contribution is 0.0965. The quantitative estimate of drug-likeness (QED) is 0.835. The normalized spacial score (nSPS) is 12.6. The number of hydrogen-bond donors (Lipinski definition) is 1. The van der Waals surface area contributed by atoms with Crippen molar-refractivity contribution in [3.8, 4) is 11.5 Å². The van der Waals surface area contributed by atoms with E-state index >= 15 is 0 Å². The van der Waals surface area contributed by atoms with Gasteiger partial charge in [-0.05, 0) is 18.7 Å². The molecule has 96 valence electrons. The molecule has 0 saturated carbocycles. The molecule has 0 fully saturated rings. The second-order valence-corrected chi connectivity index (χ2v) is 3.45. The van der Waals surface area contributed by atoms with E-state index in [9.17, 15) is 8.78 Å². The first kappa shape index (κ1) is 13.7. The van der Waals surface area contributed by atoms with Crippen LogP contribution in [0.4, 0.5) is 8.78 Å². The summed E-state index contributed by atoms with van der Waals surface area (Å²) < 4.78 is 36.3. The van der Waals surface area contributed by atoms with Crippen molar-refractivity contribution in [3.63, 3.8) is 0 Å². The summed E-state index contributed by atoms with van der Waals surface area (Å²) in [7, 11) is 2.90. The van der Waals surface area contributed by atoms with Crippen LogP contribution in [0.3, 0.4) is 0 Å². The molecule has 1 rings (SSSR count). The second-order valence-electron chi connectivity index (χ2n) is 3.45. The Morgan fingerprint density at radius 2 is 1.71 bits per heavy atom. The van der Waals surface area contributed by atoms with Gasteiger partial charge in [-0.2, -0.15) is 0 Å². The Bertz CT molecular complexity index is 336. The highest BCUT2D eigenvalue weighted by Gasteiger charge is 2.27.